The van der Waals surface area contributed by atoms with Crippen molar-refractivity contribution < 1.29 is 4.79 Å². The third kappa shape index (κ3) is 3.09. The summed E-state index contributed by atoms with van der Waals surface area (Å²) in [6, 6.07) is 0. The summed E-state index contributed by atoms with van der Waals surface area (Å²) in [6.07, 6.45) is 13.2. The van der Waals surface area contributed by atoms with Gasteiger partial charge in [-0.2, -0.15) is 5.10 Å². The van der Waals surface area contributed by atoms with Gasteiger partial charge in [-0.05, 0) is 85.2 Å². The van der Waals surface area contributed by atoms with Crippen LogP contribution >= 0.6 is 15.9 Å². The van der Waals surface area contributed by atoms with Crippen LogP contribution in [0.1, 0.15) is 50.5 Å². The summed E-state index contributed by atoms with van der Waals surface area (Å²) in [6.45, 7) is 3.59. The van der Waals surface area contributed by atoms with Gasteiger partial charge in [-0.1, -0.05) is 0 Å². The second-order valence-electron chi connectivity index (χ2n) is 9.31. The minimum Gasteiger partial charge on any atom is -0.356 e. The van der Waals surface area contributed by atoms with Gasteiger partial charge in [0.05, 0.1) is 17.2 Å². The molecular formula is C20H27BrN6O. The Kier molecular flexibility index (Phi) is 4.37. The van der Waals surface area contributed by atoms with Gasteiger partial charge in [0.15, 0.2) is 0 Å². The molecule has 4 aliphatic carbocycles. The van der Waals surface area contributed by atoms with Crippen molar-refractivity contribution in [1.82, 2.24) is 29.9 Å². The van der Waals surface area contributed by atoms with E-state index in [0.29, 0.717) is 23.1 Å². The molecule has 0 radical (unpaired) electrons. The van der Waals surface area contributed by atoms with E-state index in [9.17, 15) is 4.79 Å². The summed E-state index contributed by atoms with van der Waals surface area (Å²) >= 11 is 3.39. The maximum absolute atomic E-state index is 13.3. The minimum absolute atomic E-state index is 0.0347. The molecule has 7 nitrogen and oxygen atoms in total. The van der Waals surface area contributed by atoms with E-state index >= 15 is 0 Å². The summed E-state index contributed by atoms with van der Waals surface area (Å²) in [5, 5.41) is 12.2. The number of carbonyl (C=O) groups excluding carboxylic acids is 1. The molecule has 2 aromatic heterocycles. The standard InChI is InChI=1S/C20H27BrN6O/c1-14-10-24-26(11-14)4-2-3-22-17(28)19-6-15-5-16(7-19)9-20(8-15,12-19)27-13-23-18(21)25-27/h10-11,13,15-16H,2-9,12H2,1H3,(H,22,28). The summed E-state index contributed by atoms with van der Waals surface area (Å²) in [7, 11) is 0. The number of hydrogen-bond acceptors (Lipinski definition) is 4. The molecule has 0 spiro atoms. The van der Waals surface area contributed by atoms with Gasteiger partial charge >= 0.3 is 0 Å². The van der Waals surface area contributed by atoms with Crippen molar-refractivity contribution in [3.63, 3.8) is 0 Å². The number of amides is 1. The molecule has 0 saturated heterocycles. The Morgan fingerprint density at radius 2 is 2.11 bits per heavy atom. The second-order valence-corrected chi connectivity index (χ2v) is 10.0. The van der Waals surface area contributed by atoms with Gasteiger partial charge < -0.3 is 5.32 Å². The van der Waals surface area contributed by atoms with Crippen molar-refractivity contribution >= 4 is 21.8 Å². The molecule has 2 atom stereocenters. The lowest BCUT2D eigenvalue weighted by Gasteiger charge is -2.60. The fourth-order valence-corrected chi connectivity index (χ4v) is 6.70. The summed E-state index contributed by atoms with van der Waals surface area (Å²) in [5.74, 6) is 1.51. The van der Waals surface area contributed by atoms with E-state index in [4.69, 9.17) is 0 Å². The van der Waals surface area contributed by atoms with E-state index in [0.717, 1.165) is 45.1 Å². The zero-order valence-electron chi connectivity index (χ0n) is 16.3. The van der Waals surface area contributed by atoms with E-state index in [1.165, 1.54) is 12.0 Å². The molecule has 150 valence electrons. The first-order chi connectivity index (χ1) is 13.5. The first-order valence-corrected chi connectivity index (χ1v) is 11.1. The van der Waals surface area contributed by atoms with E-state index in [1.54, 1.807) is 0 Å². The number of nitrogens with one attached hydrogen (secondary N) is 1. The molecular weight excluding hydrogens is 420 g/mol. The van der Waals surface area contributed by atoms with Crippen LogP contribution in [0.2, 0.25) is 0 Å². The Balaban J connectivity index is 1.27. The third-order valence-electron chi connectivity index (χ3n) is 7.07. The number of aryl methyl sites for hydroxylation is 2. The van der Waals surface area contributed by atoms with Crippen molar-refractivity contribution in [2.24, 2.45) is 17.3 Å². The largest absolute Gasteiger partial charge is 0.356 e. The molecule has 4 bridgehead atoms. The molecule has 0 aromatic carbocycles. The predicted molar refractivity (Wildman–Crippen MR) is 107 cm³/mol. The van der Waals surface area contributed by atoms with Crippen LogP contribution in [0.25, 0.3) is 0 Å². The maximum atomic E-state index is 13.3. The highest BCUT2D eigenvalue weighted by atomic mass is 79.9. The highest BCUT2D eigenvalue weighted by molar-refractivity contribution is 9.10. The van der Waals surface area contributed by atoms with Gasteiger partial charge in [-0.3, -0.25) is 9.48 Å². The van der Waals surface area contributed by atoms with Gasteiger partial charge in [-0.15, -0.1) is 5.10 Å². The number of hydrogen-bond donors (Lipinski definition) is 1. The molecule has 2 unspecified atom stereocenters. The lowest BCUT2D eigenvalue weighted by Crippen LogP contribution is -2.61. The molecule has 2 aromatic rings. The number of rotatable bonds is 6. The Morgan fingerprint density at radius 3 is 2.75 bits per heavy atom. The molecule has 4 saturated carbocycles. The van der Waals surface area contributed by atoms with Gasteiger partial charge in [0.1, 0.15) is 6.33 Å². The normalized spacial score (nSPS) is 33.4. The highest BCUT2D eigenvalue weighted by Gasteiger charge is 2.61. The van der Waals surface area contributed by atoms with E-state index in [-0.39, 0.29) is 16.9 Å². The van der Waals surface area contributed by atoms with Gasteiger partial charge in [0.2, 0.25) is 10.6 Å². The van der Waals surface area contributed by atoms with Crippen LogP contribution in [0.15, 0.2) is 23.5 Å². The average molecular weight is 447 g/mol. The SMILES string of the molecule is Cc1cnn(CCCNC(=O)C23CC4CC(C2)CC(n2cnc(Br)n2)(C4)C3)c1. The molecule has 1 N–H and O–H groups in total. The number of aromatic nitrogens is 5. The van der Waals surface area contributed by atoms with Crippen molar-refractivity contribution in [2.45, 2.75) is 64.0 Å². The molecule has 8 heteroatoms. The fraction of sp³-hybridized carbons (Fsp3) is 0.700. The van der Waals surface area contributed by atoms with Crippen LogP contribution in [-0.4, -0.2) is 37.0 Å². The zero-order valence-corrected chi connectivity index (χ0v) is 17.9. The third-order valence-corrected chi connectivity index (χ3v) is 7.44. The van der Waals surface area contributed by atoms with Crippen molar-refractivity contribution in [3.05, 3.63) is 29.0 Å². The van der Waals surface area contributed by atoms with Crippen molar-refractivity contribution in [3.8, 4) is 0 Å². The molecule has 4 fully saturated rings. The van der Waals surface area contributed by atoms with Gasteiger partial charge in [0.25, 0.3) is 0 Å². The van der Waals surface area contributed by atoms with Crippen LogP contribution in [0, 0.1) is 24.2 Å². The quantitative estimate of drug-likeness (QED) is 0.691. The first-order valence-electron chi connectivity index (χ1n) is 10.3. The monoisotopic (exact) mass is 446 g/mol. The number of nitrogens with zero attached hydrogens (tertiary/aromatic N) is 5. The summed E-state index contributed by atoms with van der Waals surface area (Å²) in [5.41, 5.74) is 0.903. The lowest BCUT2D eigenvalue weighted by atomic mass is 9.46. The topological polar surface area (TPSA) is 77.6 Å². The Hall–Kier alpha value is -1.70. The molecule has 6 rings (SSSR count). The molecule has 2 heterocycles. The summed E-state index contributed by atoms with van der Waals surface area (Å²) in [4.78, 5) is 17.6. The van der Waals surface area contributed by atoms with Crippen molar-refractivity contribution in [1.29, 1.82) is 0 Å². The second kappa shape index (κ2) is 6.68. The van der Waals surface area contributed by atoms with Crippen LogP contribution < -0.4 is 5.32 Å². The highest BCUT2D eigenvalue weighted by Crippen LogP contribution is 2.64. The lowest BCUT2D eigenvalue weighted by molar-refractivity contribution is -0.156. The Morgan fingerprint density at radius 1 is 1.32 bits per heavy atom. The van der Waals surface area contributed by atoms with E-state index in [1.807, 2.05) is 30.3 Å². The first kappa shape index (κ1) is 18.3. The molecule has 1 amide bonds. The fourth-order valence-electron chi connectivity index (χ4n) is 6.44. The van der Waals surface area contributed by atoms with Crippen LogP contribution in [0.4, 0.5) is 0 Å². The minimum atomic E-state index is -0.231. The number of halogens is 1. The maximum Gasteiger partial charge on any atom is 0.226 e. The average Bonchev–Trinajstić information content (AvgIpc) is 3.26. The van der Waals surface area contributed by atoms with Gasteiger partial charge in [-0.25, -0.2) is 9.67 Å². The molecule has 0 aliphatic heterocycles. The Bertz CT molecular complexity index is 875. The number of carbonyl (C=O) groups is 1. The molecule has 4 aliphatic rings. The summed E-state index contributed by atoms with van der Waals surface area (Å²) < 4.78 is 4.64. The van der Waals surface area contributed by atoms with E-state index in [2.05, 4.69) is 41.1 Å². The predicted octanol–water partition coefficient (Wildman–Crippen LogP) is 3.05. The van der Waals surface area contributed by atoms with Crippen molar-refractivity contribution in [2.75, 3.05) is 6.54 Å². The van der Waals surface area contributed by atoms with E-state index < -0.39 is 0 Å². The van der Waals surface area contributed by atoms with Crippen LogP contribution in [0.3, 0.4) is 0 Å². The van der Waals surface area contributed by atoms with Crippen LogP contribution in [0.5, 0.6) is 0 Å². The zero-order chi connectivity index (χ0) is 19.4. The van der Waals surface area contributed by atoms with Gasteiger partial charge in [0, 0.05) is 19.3 Å². The van der Waals surface area contributed by atoms with Crippen LogP contribution in [-0.2, 0) is 16.9 Å². The smallest absolute Gasteiger partial charge is 0.226 e. The molecule has 28 heavy (non-hydrogen) atoms. The Labute approximate surface area is 173 Å².